The molecule has 1 amide bonds. The molecule has 6 heteroatoms. The van der Waals surface area contributed by atoms with Gasteiger partial charge in [0.05, 0.1) is 37.6 Å². The minimum atomic E-state index is -0.199. The molecule has 0 radical (unpaired) electrons. The van der Waals surface area contributed by atoms with E-state index in [1.807, 2.05) is 36.4 Å². The molecule has 0 aliphatic carbocycles. The van der Waals surface area contributed by atoms with E-state index in [0.29, 0.717) is 22.2 Å². The van der Waals surface area contributed by atoms with E-state index in [2.05, 4.69) is 5.32 Å². The first-order valence-corrected chi connectivity index (χ1v) is 9.07. The van der Waals surface area contributed by atoms with Crippen LogP contribution in [0.3, 0.4) is 0 Å². The zero-order valence-corrected chi connectivity index (χ0v) is 16.2. The summed E-state index contributed by atoms with van der Waals surface area (Å²) in [6, 6.07) is 15.2. The second kappa shape index (κ2) is 7.44. The Bertz CT molecular complexity index is 1180. The quantitative estimate of drug-likeness (QED) is 0.489. The predicted molar refractivity (Wildman–Crippen MR) is 111 cm³/mol. The van der Waals surface area contributed by atoms with E-state index in [1.54, 1.807) is 18.4 Å². The summed E-state index contributed by atoms with van der Waals surface area (Å²) in [5, 5.41) is 6.35. The highest BCUT2D eigenvalue weighted by atomic mass is 35.5. The molecule has 4 rings (SSSR count). The average molecular weight is 396 g/mol. The van der Waals surface area contributed by atoms with Crippen LogP contribution in [0.5, 0.6) is 11.5 Å². The number of amides is 1. The molecule has 3 aromatic carbocycles. The van der Waals surface area contributed by atoms with Gasteiger partial charge in [0.2, 0.25) is 5.91 Å². The van der Waals surface area contributed by atoms with Gasteiger partial charge in [-0.2, -0.15) is 0 Å². The smallest absolute Gasteiger partial charge is 0.229 e. The van der Waals surface area contributed by atoms with Gasteiger partial charge in [-0.25, -0.2) is 0 Å². The Kier molecular flexibility index (Phi) is 4.84. The normalized spacial score (nSPS) is 11.0. The summed E-state index contributed by atoms with van der Waals surface area (Å²) >= 11 is 6.18. The maximum absolute atomic E-state index is 12.7. The van der Waals surface area contributed by atoms with Crippen LogP contribution < -0.4 is 14.8 Å². The zero-order valence-electron chi connectivity index (χ0n) is 15.4. The summed E-state index contributed by atoms with van der Waals surface area (Å²) in [5.74, 6) is 0.746. The zero-order chi connectivity index (χ0) is 19.7. The molecule has 4 aromatic rings. The van der Waals surface area contributed by atoms with E-state index in [0.717, 1.165) is 27.3 Å². The van der Waals surface area contributed by atoms with Crippen molar-refractivity contribution in [2.45, 2.75) is 6.42 Å². The third-order valence-corrected chi connectivity index (χ3v) is 4.93. The number of fused-ring (bicyclic) bond motifs is 3. The van der Waals surface area contributed by atoms with E-state index < -0.39 is 0 Å². The summed E-state index contributed by atoms with van der Waals surface area (Å²) < 4.78 is 16.2. The molecule has 1 heterocycles. The van der Waals surface area contributed by atoms with Crippen molar-refractivity contribution < 1.29 is 18.7 Å². The topological polar surface area (TPSA) is 60.7 Å². The molecule has 0 saturated heterocycles. The van der Waals surface area contributed by atoms with Gasteiger partial charge in [-0.05, 0) is 22.9 Å². The summed E-state index contributed by atoms with van der Waals surface area (Å²) in [6.45, 7) is 0. The lowest BCUT2D eigenvalue weighted by atomic mass is 10.0. The van der Waals surface area contributed by atoms with Crippen LogP contribution in [0.1, 0.15) is 5.56 Å². The van der Waals surface area contributed by atoms with Crippen LogP contribution in [0.4, 0.5) is 5.69 Å². The number of carbonyl (C=O) groups is 1. The van der Waals surface area contributed by atoms with Gasteiger partial charge < -0.3 is 19.2 Å². The van der Waals surface area contributed by atoms with E-state index in [9.17, 15) is 4.79 Å². The minimum Gasteiger partial charge on any atom is -0.495 e. The number of rotatable bonds is 5. The van der Waals surface area contributed by atoms with Crippen molar-refractivity contribution in [1.29, 1.82) is 0 Å². The van der Waals surface area contributed by atoms with Crippen molar-refractivity contribution in [2.75, 3.05) is 19.5 Å². The molecular formula is C22H18ClNO4. The molecule has 5 nitrogen and oxygen atoms in total. The Balaban J connectivity index is 1.65. The molecule has 0 spiro atoms. The van der Waals surface area contributed by atoms with Gasteiger partial charge in [0.15, 0.2) is 0 Å². The standard InChI is InChI=1S/C22H18ClNO4/c1-26-19-11-20(27-2)17(10-16(19)23)24-21(25)9-14-12-28-18-8-7-13-5-3-4-6-15(13)22(14)18/h3-8,10-12H,9H2,1-2H3,(H,24,25). The molecular weight excluding hydrogens is 378 g/mol. The molecule has 0 fully saturated rings. The number of hydrogen-bond donors (Lipinski definition) is 1. The Labute approximate surface area is 166 Å². The van der Waals surface area contributed by atoms with Crippen LogP contribution in [-0.4, -0.2) is 20.1 Å². The van der Waals surface area contributed by atoms with Gasteiger partial charge in [-0.15, -0.1) is 0 Å². The Morgan fingerprint density at radius 3 is 2.64 bits per heavy atom. The molecule has 0 saturated carbocycles. The monoisotopic (exact) mass is 395 g/mol. The van der Waals surface area contributed by atoms with Crippen molar-refractivity contribution in [1.82, 2.24) is 0 Å². The van der Waals surface area contributed by atoms with Crippen molar-refractivity contribution in [2.24, 2.45) is 0 Å². The number of benzene rings is 3. The number of methoxy groups -OCH3 is 2. The summed E-state index contributed by atoms with van der Waals surface area (Å²) in [4.78, 5) is 12.7. The number of carbonyl (C=O) groups excluding carboxylic acids is 1. The number of hydrogen-bond acceptors (Lipinski definition) is 4. The van der Waals surface area contributed by atoms with Crippen LogP contribution in [-0.2, 0) is 11.2 Å². The number of furan rings is 1. The first-order valence-electron chi connectivity index (χ1n) is 8.70. The summed E-state index contributed by atoms with van der Waals surface area (Å²) in [6.07, 6.45) is 1.79. The highest BCUT2D eigenvalue weighted by Gasteiger charge is 2.16. The fourth-order valence-electron chi connectivity index (χ4n) is 3.33. The minimum absolute atomic E-state index is 0.161. The van der Waals surface area contributed by atoms with Crippen LogP contribution in [0.15, 0.2) is 59.2 Å². The lowest BCUT2D eigenvalue weighted by Gasteiger charge is -2.13. The highest BCUT2D eigenvalue weighted by molar-refractivity contribution is 6.32. The Hall–Kier alpha value is -3.18. The Morgan fingerprint density at radius 2 is 1.86 bits per heavy atom. The lowest BCUT2D eigenvalue weighted by Crippen LogP contribution is -2.15. The van der Waals surface area contributed by atoms with Gasteiger partial charge in [-0.3, -0.25) is 4.79 Å². The van der Waals surface area contributed by atoms with E-state index in [1.165, 1.54) is 14.2 Å². The van der Waals surface area contributed by atoms with Crippen LogP contribution in [0.2, 0.25) is 5.02 Å². The molecule has 1 aromatic heterocycles. The first-order chi connectivity index (χ1) is 13.6. The lowest BCUT2D eigenvalue weighted by molar-refractivity contribution is -0.115. The molecule has 0 bridgehead atoms. The van der Waals surface area contributed by atoms with Gasteiger partial charge in [0.1, 0.15) is 17.1 Å². The predicted octanol–water partition coefficient (Wildman–Crippen LogP) is 5.44. The number of halogens is 1. The number of anilines is 1. The molecule has 0 atom stereocenters. The SMILES string of the molecule is COc1cc(OC)c(NC(=O)Cc2coc3ccc4ccccc4c23)cc1Cl. The van der Waals surface area contributed by atoms with Crippen LogP contribution in [0.25, 0.3) is 21.7 Å². The maximum atomic E-state index is 12.7. The van der Waals surface area contributed by atoms with Gasteiger partial charge in [0.25, 0.3) is 0 Å². The van der Waals surface area contributed by atoms with E-state index in [4.69, 9.17) is 25.5 Å². The van der Waals surface area contributed by atoms with Crippen molar-refractivity contribution >= 4 is 44.9 Å². The maximum Gasteiger partial charge on any atom is 0.229 e. The van der Waals surface area contributed by atoms with Crippen LogP contribution in [0, 0.1) is 0 Å². The number of ether oxygens (including phenoxy) is 2. The second-order valence-electron chi connectivity index (χ2n) is 6.33. The molecule has 0 aliphatic rings. The average Bonchev–Trinajstić information content (AvgIpc) is 3.11. The third-order valence-electron chi connectivity index (χ3n) is 4.64. The molecule has 0 aliphatic heterocycles. The molecule has 28 heavy (non-hydrogen) atoms. The molecule has 0 unspecified atom stereocenters. The fourth-order valence-corrected chi connectivity index (χ4v) is 3.57. The van der Waals surface area contributed by atoms with Crippen molar-refractivity contribution in [3.63, 3.8) is 0 Å². The van der Waals surface area contributed by atoms with E-state index in [-0.39, 0.29) is 12.3 Å². The fraction of sp³-hybridized carbons (Fsp3) is 0.136. The van der Waals surface area contributed by atoms with Gasteiger partial charge >= 0.3 is 0 Å². The second-order valence-corrected chi connectivity index (χ2v) is 6.74. The molecule has 142 valence electrons. The molecule has 1 N–H and O–H groups in total. The Morgan fingerprint density at radius 1 is 1.07 bits per heavy atom. The third kappa shape index (κ3) is 3.25. The summed E-state index contributed by atoms with van der Waals surface area (Å²) in [7, 11) is 3.04. The van der Waals surface area contributed by atoms with Gasteiger partial charge in [0, 0.05) is 17.0 Å². The van der Waals surface area contributed by atoms with Crippen molar-refractivity contribution in [3.8, 4) is 11.5 Å². The largest absolute Gasteiger partial charge is 0.495 e. The van der Waals surface area contributed by atoms with Crippen LogP contribution >= 0.6 is 11.6 Å². The van der Waals surface area contributed by atoms with Gasteiger partial charge in [-0.1, -0.05) is 41.9 Å². The highest BCUT2D eigenvalue weighted by Crippen LogP contribution is 2.36. The summed E-state index contributed by atoms with van der Waals surface area (Å²) in [5.41, 5.74) is 2.06. The first kappa shape index (κ1) is 18.2. The van der Waals surface area contributed by atoms with Crippen molar-refractivity contribution in [3.05, 3.63) is 65.4 Å². The number of nitrogens with one attached hydrogen (secondary N) is 1. The van der Waals surface area contributed by atoms with E-state index >= 15 is 0 Å².